The van der Waals surface area contributed by atoms with Crippen molar-refractivity contribution in [3.63, 3.8) is 0 Å². The first-order valence-corrected chi connectivity index (χ1v) is 13.6. The number of anilines is 1. The Hall–Kier alpha value is -2.82. The summed E-state index contributed by atoms with van der Waals surface area (Å²) >= 11 is 0. The van der Waals surface area contributed by atoms with E-state index in [1.807, 2.05) is 44.2 Å². The normalized spacial score (nSPS) is 14.2. The van der Waals surface area contributed by atoms with Crippen LogP contribution in [-0.2, 0) is 19.6 Å². The standard InChI is InChI=1S/C26H37N3O6S/c1-17(2)23-21(14-13-19(30)15-20(31)16-22(32)35-26(3,4)5)24(18-11-9-8-10-12-18)28-25(27-23)29(6)36(7,33)34/h8-14,17,19-20,30-31H,15-16H2,1-7H3/b14-13+/t19-,20-/m1/s1. The summed E-state index contributed by atoms with van der Waals surface area (Å²) in [6.07, 6.45) is 1.83. The molecule has 9 nitrogen and oxygen atoms in total. The van der Waals surface area contributed by atoms with Crippen molar-refractivity contribution in [3.05, 3.63) is 47.7 Å². The molecule has 0 bridgehead atoms. The summed E-state index contributed by atoms with van der Waals surface area (Å²) in [6, 6.07) is 9.27. The maximum absolute atomic E-state index is 12.2. The lowest BCUT2D eigenvalue weighted by molar-refractivity contribution is -0.157. The van der Waals surface area contributed by atoms with E-state index in [0.29, 0.717) is 17.0 Å². The molecule has 0 fully saturated rings. The number of carbonyl (C=O) groups excluding carboxylic acids is 1. The molecule has 0 saturated heterocycles. The van der Waals surface area contributed by atoms with Crippen LogP contribution >= 0.6 is 0 Å². The van der Waals surface area contributed by atoms with Gasteiger partial charge in [-0.1, -0.05) is 56.3 Å². The Morgan fingerprint density at radius 3 is 2.28 bits per heavy atom. The minimum Gasteiger partial charge on any atom is -0.460 e. The molecule has 2 aromatic rings. The van der Waals surface area contributed by atoms with Gasteiger partial charge in [0, 0.05) is 24.6 Å². The van der Waals surface area contributed by atoms with Crippen molar-refractivity contribution in [2.24, 2.45) is 0 Å². The monoisotopic (exact) mass is 519 g/mol. The molecular weight excluding hydrogens is 482 g/mol. The van der Waals surface area contributed by atoms with Crippen molar-refractivity contribution < 1.29 is 28.2 Å². The van der Waals surface area contributed by atoms with Crippen LogP contribution in [0.1, 0.15) is 64.6 Å². The van der Waals surface area contributed by atoms with Crippen molar-refractivity contribution in [3.8, 4) is 11.3 Å². The van der Waals surface area contributed by atoms with Gasteiger partial charge in [-0.2, -0.15) is 0 Å². The summed E-state index contributed by atoms with van der Waals surface area (Å²) in [5.74, 6) is -0.583. The zero-order valence-corrected chi connectivity index (χ0v) is 22.8. The van der Waals surface area contributed by atoms with Crippen LogP contribution in [0.15, 0.2) is 36.4 Å². The van der Waals surface area contributed by atoms with Crippen LogP contribution in [0.4, 0.5) is 5.95 Å². The molecule has 0 unspecified atom stereocenters. The highest BCUT2D eigenvalue weighted by Gasteiger charge is 2.23. The van der Waals surface area contributed by atoms with E-state index in [-0.39, 0.29) is 24.7 Å². The Bertz CT molecular complexity index is 1170. The second-order valence-electron chi connectivity index (χ2n) is 10.0. The van der Waals surface area contributed by atoms with Crippen molar-refractivity contribution >= 4 is 28.0 Å². The molecule has 0 aliphatic rings. The number of carbonyl (C=O) groups is 1. The van der Waals surface area contributed by atoms with E-state index in [4.69, 9.17) is 4.74 Å². The Kier molecular flexibility index (Phi) is 9.76. The summed E-state index contributed by atoms with van der Waals surface area (Å²) in [7, 11) is -2.19. The average Bonchev–Trinajstić information content (AvgIpc) is 2.74. The molecule has 2 rings (SSSR count). The average molecular weight is 520 g/mol. The van der Waals surface area contributed by atoms with Crippen molar-refractivity contribution in [1.29, 1.82) is 0 Å². The minimum absolute atomic E-state index is 0.0468. The van der Waals surface area contributed by atoms with E-state index < -0.39 is 33.8 Å². The SMILES string of the molecule is CC(C)c1nc(N(C)S(C)(=O)=O)nc(-c2ccccc2)c1/C=C/[C@@H](O)C[C@@H](O)CC(=O)OC(C)(C)C. The van der Waals surface area contributed by atoms with Gasteiger partial charge in [-0.15, -0.1) is 0 Å². The Balaban J connectivity index is 2.42. The van der Waals surface area contributed by atoms with Crippen LogP contribution in [0.3, 0.4) is 0 Å². The molecule has 1 aromatic carbocycles. The van der Waals surface area contributed by atoms with Gasteiger partial charge in [-0.05, 0) is 26.7 Å². The van der Waals surface area contributed by atoms with E-state index in [1.54, 1.807) is 26.8 Å². The lowest BCUT2D eigenvalue weighted by atomic mass is 9.97. The number of hydrogen-bond donors (Lipinski definition) is 2. The lowest BCUT2D eigenvalue weighted by Crippen LogP contribution is -2.28. The van der Waals surface area contributed by atoms with Crippen molar-refractivity contribution in [2.75, 3.05) is 17.6 Å². The van der Waals surface area contributed by atoms with E-state index in [0.717, 1.165) is 16.1 Å². The van der Waals surface area contributed by atoms with Crippen LogP contribution in [-0.4, -0.2) is 65.7 Å². The molecule has 0 amide bonds. The molecule has 36 heavy (non-hydrogen) atoms. The topological polar surface area (TPSA) is 130 Å². The highest BCUT2D eigenvalue weighted by Crippen LogP contribution is 2.31. The molecule has 0 radical (unpaired) electrons. The van der Waals surface area contributed by atoms with Gasteiger partial charge in [0.25, 0.3) is 0 Å². The maximum atomic E-state index is 12.2. The predicted molar refractivity (Wildman–Crippen MR) is 141 cm³/mol. The van der Waals surface area contributed by atoms with Gasteiger partial charge in [-0.3, -0.25) is 4.79 Å². The van der Waals surface area contributed by atoms with E-state index in [9.17, 15) is 23.4 Å². The number of aliphatic hydroxyl groups is 2. The molecule has 2 N–H and O–H groups in total. The number of aliphatic hydroxyl groups excluding tert-OH is 2. The van der Waals surface area contributed by atoms with E-state index in [1.165, 1.54) is 13.1 Å². The van der Waals surface area contributed by atoms with Gasteiger partial charge >= 0.3 is 5.97 Å². The summed E-state index contributed by atoms with van der Waals surface area (Å²) in [5, 5.41) is 20.8. The van der Waals surface area contributed by atoms with E-state index in [2.05, 4.69) is 9.97 Å². The van der Waals surface area contributed by atoms with Crippen molar-refractivity contribution in [2.45, 2.75) is 71.2 Å². The fraction of sp³-hybridized carbons (Fsp3) is 0.500. The molecule has 0 spiro atoms. The van der Waals surface area contributed by atoms with Gasteiger partial charge in [0.2, 0.25) is 16.0 Å². The van der Waals surface area contributed by atoms with Gasteiger partial charge < -0.3 is 14.9 Å². The Morgan fingerprint density at radius 1 is 1.14 bits per heavy atom. The zero-order chi connectivity index (χ0) is 27.3. The molecule has 1 heterocycles. The molecule has 2 atom stereocenters. The van der Waals surface area contributed by atoms with Gasteiger partial charge in [0.05, 0.1) is 36.3 Å². The second kappa shape index (κ2) is 11.9. The first-order valence-electron chi connectivity index (χ1n) is 11.8. The van der Waals surface area contributed by atoms with Crippen LogP contribution in [0.5, 0.6) is 0 Å². The number of rotatable bonds is 10. The third-order valence-electron chi connectivity index (χ3n) is 5.16. The highest BCUT2D eigenvalue weighted by molar-refractivity contribution is 7.92. The van der Waals surface area contributed by atoms with Crippen LogP contribution < -0.4 is 4.31 Å². The Morgan fingerprint density at radius 2 is 1.75 bits per heavy atom. The molecule has 0 aliphatic carbocycles. The smallest absolute Gasteiger partial charge is 0.308 e. The van der Waals surface area contributed by atoms with Gasteiger partial charge in [-0.25, -0.2) is 22.7 Å². The summed E-state index contributed by atoms with van der Waals surface area (Å²) in [5.41, 5.74) is 1.84. The fourth-order valence-electron chi connectivity index (χ4n) is 3.41. The summed E-state index contributed by atoms with van der Waals surface area (Å²) in [6.45, 7) is 9.09. The number of sulfonamides is 1. The number of ether oxygens (including phenoxy) is 1. The largest absolute Gasteiger partial charge is 0.460 e. The molecule has 198 valence electrons. The molecule has 10 heteroatoms. The van der Waals surface area contributed by atoms with Crippen LogP contribution in [0, 0.1) is 0 Å². The van der Waals surface area contributed by atoms with Gasteiger partial charge in [0.15, 0.2) is 0 Å². The quantitative estimate of drug-likeness (QED) is 0.456. The fourth-order valence-corrected chi connectivity index (χ4v) is 3.79. The molecule has 0 saturated carbocycles. The third kappa shape index (κ3) is 8.69. The molecule has 1 aromatic heterocycles. The number of benzene rings is 1. The van der Waals surface area contributed by atoms with Gasteiger partial charge in [0.1, 0.15) is 5.60 Å². The summed E-state index contributed by atoms with van der Waals surface area (Å²) < 4.78 is 30.6. The third-order valence-corrected chi connectivity index (χ3v) is 6.32. The summed E-state index contributed by atoms with van der Waals surface area (Å²) in [4.78, 5) is 21.0. The number of hydrogen-bond acceptors (Lipinski definition) is 8. The Labute approximate surface area is 213 Å². The van der Waals surface area contributed by atoms with Crippen molar-refractivity contribution in [1.82, 2.24) is 9.97 Å². The first-order chi connectivity index (χ1) is 16.6. The lowest BCUT2D eigenvalue weighted by Gasteiger charge is -2.21. The van der Waals surface area contributed by atoms with Crippen LogP contribution in [0.25, 0.3) is 17.3 Å². The van der Waals surface area contributed by atoms with Crippen LogP contribution in [0.2, 0.25) is 0 Å². The maximum Gasteiger partial charge on any atom is 0.308 e. The molecule has 0 aliphatic heterocycles. The number of nitrogens with zero attached hydrogens (tertiary/aromatic N) is 3. The second-order valence-corrected chi connectivity index (χ2v) is 12.0. The zero-order valence-electron chi connectivity index (χ0n) is 22.0. The number of aromatic nitrogens is 2. The minimum atomic E-state index is -3.59. The predicted octanol–water partition coefficient (Wildman–Crippen LogP) is 3.52. The molecular formula is C26H37N3O6S. The highest BCUT2D eigenvalue weighted by atomic mass is 32.2. The number of esters is 1. The van der Waals surface area contributed by atoms with E-state index >= 15 is 0 Å². The first kappa shape index (κ1) is 29.4.